The van der Waals surface area contributed by atoms with Crippen LogP contribution in [0.15, 0.2) is 180 Å². The second kappa shape index (κ2) is 10.5. The van der Waals surface area contributed by atoms with Gasteiger partial charge in [-0.3, -0.25) is 0 Å². The van der Waals surface area contributed by atoms with Crippen LogP contribution in [0.2, 0.25) is 0 Å². The molecule has 0 fully saturated rings. The van der Waals surface area contributed by atoms with Crippen molar-refractivity contribution < 1.29 is 4.42 Å². The van der Waals surface area contributed by atoms with Crippen molar-refractivity contribution in [1.29, 1.82) is 0 Å². The largest absolute Gasteiger partial charge is 0.456 e. The maximum atomic E-state index is 6.20. The van der Waals surface area contributed by atoms with Gasteiger partial charge < -0.3 is 14.2 Å². The van der Waals surface area contributed by atoms with Crippen LogP contribution < -0.4 is 26.2 Å². The Labute approximate surface area is 290 Å². The summed E-state index contributed by atoms with van der Waals surface area (Å²) in [5.41, 5.74) is 15.4. The zero-order valence-electron chi connectivity index (χ0n) is 27.1. The van der Waals surface area contributed by atoms with Crippen molar-refractivity contribution in [3.05, 3.63) is 176 Å². The van der Waals surface area contributed by atoms with E-state index in [0.29, 0.717) is 0 Å². The van der Waals surface area contributed by atoms with Gasteiger partial charge in [-0.2, -0.15) is 0 Å². The van der Waals surface area contributed by atoms with Gasteiger partial charge in [-0.25, -0.2) is 0 Å². The molecule has 50 heavy (non-hydrogen) atoms. The topological polar surface area (TPSA) is 19.6 Å². The normalized spacial score (nSPS) is 13.1. The van der Waals surface area contributed by atoms with E-state index in [-0.39, 0.29) is 6.71 Å². The zero-order valence-corrected chi connectivity index (χ0v) is 27.1. The Kier molecular flexibility index (Phi) is 5.76. The highest BCUT2D eigenvalue weighted by atomic mass is 16.3. The summed E-state index contributed by atoms with van der Waals surface area (Å²) in [6, 6.07) is 63.9. The summed E-state index contributed by atoms with van der Waals surface area (Å²) < 4.78 is 6.20. The molecule has 232 valence electrons. The lowest BCUT2D eigenvalue weighted by molar-refractivity contribution is 0.669. The number of nitrogens with zero attached hydrogens (tertiary/aromatic N) is 2. The minimum absolute atomic E-state index is 0.0978. The molecular weight excluding hydrogens is 607 g/mol. The second-order valence-electron chi connectivity index (χ2n) is 13.3. The first-order valence-electron chi connectivity index (χ1n) is 17.2. The molecule has 0 aliphatic carbocycles. The Hall–Kier alpha value is -6.52. The van der Waals surface area contributed by atoms with Crippen LogP contribution in [0.25, 0.3) is 43.8 Å². The Morgan fingerprint density at radius 1 is 0.380 bits per heavy atom. The molecule has 2 aliphatic heterocycles. The lowest BCUT2D eigenvalue weighted by Gasteiger charge is -2.44. The van der Waals surface area contributed by atoms with Gasteiger partial charge in [-0.15, -0.1) is 0 Å². The van der Waals surface area contributed by atoms with E-state index >= 15 is 0 Å². The maximum Gasteiger partial charge on any atom is 0.252 e. The highest BCUT2D eigenvalue weighted by Crippen LogP contribution is 2.44. The molecular formula is C46H29BN2O. The third-order valence-electron chi connectivity index (χ3n) is 10.6. The van der Waals surface area contributed by atoms with E-state index in [9.17, 15) is 0 Å². The number of hydrogen-bond acceptors (Lipinski definition) is 3. The van der Waals surface area contributed by atoms with E-state index in [2.05, 4.69) is 174 Å². The molecule has 4 heteroatoms. The van der Waals surface area contributed by atoms with Gasteiger partial charge in [0.15, 0.2) is 0 Å². The smallest absolute Gasteiger partial charge is 0.252 e. The van der Waals surface area contributed by atoms with Crippen LogP contribution in [0, 0.1) is 0 Å². The van der Waals surface area contributed by atoms with E-state index in [1.54, 1.807) is 0 Å². The van der Waals surface area contributed by atoms with Crippen molar-refractivity contribution in [2.45, 2.75) is 0 Å². The minimum atomic E-state index is 0.0978. The molecule has 1 aromatic heterocycles. The van der Waals surface area contributed by atoms with Crippen LogP contribution in [0.3, 0.4) is 0 Å². The first-order chi connectivity index (χ1) is 24.8. The molecule has 3 nitrogen and oxygen atoms in total. The van der Waals surface area contributed by atoms with Gasteiger partial charge in [0.05, 0.1) is 0 Å². The van der Waals surface area contributed by atoms with Crippen molar-refractivity contribution in [2.75, 3.05) is 9.80 Å². The fraction of sp³-hybridized carbons (Fsp3) is 0. The highest BCUT2D eigenvalue weighted by molar-refractivity contribution is 7.00. The molecule has 3 heterocycles. The minimum Gasteiger partial charge on any atom is -0.456 e. The van der Waals surface area contributed by atoms with Crippen LogP contribution in [0.1, 0.15) is 0 Å². The summed E-state index contributed by atoms with van der Waals surface area (Å²) in [4.78, 5) is 4.90. The maximum absolute atomic E-state index is 6.20. The third kappa shape index (κ3) is 3.93. The average Bonchev–Trinajstić information content (AvgIpc) is 3.54. The molecule has 0 bridgehead atoms. The fourth-order valence-corrected chi connectivity index (χ4v) is 8.42. The molecule has 0 unspecified atom stereocenters. The zero-order chi connectivity index (χ0) is 32.8. The first-order valence-corrected chi connectivity index (χ1v) is 17.2. The Morgan fingerprint density at radius 3 is 1.80 bits per heavy atom. The predicted molar refractivity (Wildman–Crippen MR) is 211 cm³/mol. The van der Waals surface area contributed by atoms with Gasteiger partial charge >= 0.3 is 0 Å². The predicted octanol–water partition coefficient (Wildman–Crippen LogP) is 10.5. The first kappa shape index (κ1) is 27.4. The monoisotopic (exact) mass is 636 g/mol. The number of rotatable bonds is 3. The molecule has 0 saturated heterocycles. The SMILES string of the molecule is c1ccc(N2c3ccccc3B3c4ccc(-c5ccc6cc7oc8ccccc8c7cc6c5)cc4N(c4ccccc4)c4cccc2c43)cc1. The van der Waals surface area contributed by atoms with Crippen LogP contribution in [0.4, 0.5) is 34.1 Å². The van der Waals surface area contributed by atoms with E-state index < -0.39 is 0 Å². The van der Waals surface area contributed by atoms with Crippen molar-refractivity contribution in [3.63, 3.8) is 0 Å². The summed E-state index contributed by atoms with van der Waals surface area (Å²) in [5.74, 6) is 0. The van der Waals surface area contributed by atoms with Crippen molar-refractivity contribution in [3.8, 4) is 11.1 Å². The van der Waals surface area contributed by atoms with Crippen LogP contribution in [0.5, 0.6) is 0 Å². The molecule has 0 amide bonds. The quantitative estimate of drug-likeness (QED) is 0.180. The molecule has 0 atom stereocenters. The van der Waals surface area contributed by atoms with Gasteiger partial charge in [-0.05, 0) is 111 Å². The molecule has 11 rings (SSSR count). The van der Waals surface area contributed by atoms with Crippen molar-refractivity contribution >= 4 is 89.9 Å². The van der Waals surface area contributed by atoms with Crippen molar-refractivity contribution in [2.24, 2.45) is 0 Å². The van der Waals surface area contributed by atoms with Gasteiger partial charge in [0.25, 0.3) is 6.71 Å². The number of anilines is 6. The van der Waals surface area contributed by atoms with Crippen LogP contribution in [-0.4, -0.2) is 6.71 Å². The molecule has 9 aromatic rings. The summed E-state index contributed by atoms with van der Waals surface area (Å²) in [6.07, 6.45) is 0. The van der Waals surface area contributed by atoms with E-state index in [4.69, 9.17) is 4.42 Å². The molecule has 0 spiro atoms. The Bertz CT molecular complexity index is 2790. The third-order valence-corrected chi connectivity index (χ3v) is 10.6. The van der Waals surface area contributed by atoms with Gasteiger partial charge in [0.2, 0.25) is 0 Å². The number of hydrogen-bond donors (Lipinski definition) is 0. The van der Waals surface area contributed by atoms with E-state index in [0.717, 1.165) is 33.3 Å². The molecule has 8 aromatic carbocycles. The second-order valence-corrected chi connectivity index (χ2v) is 13.3. The Balaban J connectivity index is 1.13. The van der Waals surface area contributed by atoms with Gasteiger partial charge in [0.1, 0.15) is 11.2 Å². The molecule has 0 radical (unpaired) electrons. The standard InChI is InChI=1S/C46H29BN2O/c1-3-12-34(13-4-1)48-40-18-9-8-17-38(40)47-39-25-24-31(28-43(39)49(35-14-5-2-6-15-35)42-20-11-19-41(48)46(42)47)30-22-23-32-29-45-37(27-33(32)26-30)36-16-7-10-21-44(36)50-45/h1-29H. The summed E-state index contributed by atoms with van der Waals surface area (Å²) in [7, 11) is 0. The highest BCUT2D eigenvalue weighted by Gasteiger charge is 2.42. The number of para-hydroxylation sites is 4. The van der Waals surface area contributed by atoms with Crippen LogP contribution >= 0.6 is 0 Å². The summed E-state index contributed by atoms with van der Waals surface area (Å²) in [5, 5.41) is 4.68. The van der Waals surface area contributed by atoms with E-state index in [1.165, 1.54) is 61.0 Å². The van der Waals surface area contributed by atoms with Gasteiger partial charge in [0, 0.05) is 44.9 Å². The Morgan fingerprint density at radius 2 is 1.00 bits per heavy atom. The number of benzene rings is 8. The molecule has 2 aliphatic rings. The number of furan rings is 1. The van der Waals surface area contributed by atoms with E-state index in [1.807, 2.05) is 12.1 Å². The lowest BCUT2D eigenvalue weighted by Crippen LogP contribution is -2.61. The lowest BCUT2D eigenvalue weighted by atomic mass is 9.33. The molecule has 0 N–H and O–H groups in total. The van der Waals surface area contributed by atoms with Crippen LogP contribution in [-0.2, 0) is 0 Å². The fourth-order valence-electron chi connectivity index (χ4n) is 8.42. The summed E-state index contributed by atoms with van der Waals surface area (Å²) in [6.45, 7) is 0.0978. The molecule has 0 saturated carbocycles. The van der Waals surface area contributed by atoms with Crippen molar-refractivity contribution in [1.82, 2.24) is 0 Å². The summed E-state index contributed by atoms with van der Waals surface area (Å²) >= 11 is 0. The van der Waals surface area contributed by atoms with Gasteiger partial charge in [-0.1, -0.05) is 103 Å². The average molecular weight is 637 g/mol. The number of fused-ring (bicyclic) bond motifs is 8.